The summed E-state index contributed by atoms with van der Waals surface area (Å²) >= 11 is 0. The highest BCUT2D eigenvalue weighted by atomic mass is 16.5. The summed E-state index contributed by atoms with van der Waals surface area (Å²) in [6, 6.07) is 11.1. The highest BCUT2D eigenvalue weighted by molar-refractivity contribution is 5.81. The molecule has 3 rings (SSSR count). The Bertz CT molecular complexity index is 751. The maximum atomic E-state index is 12.9. The van der Waals surface area contributed by atoms with Gasteiger partial charge in [0.1, 0.15) is 11.8 Å². The van der Waals surface area contributed by atoms with Crippen molar-refractivity contribution in [3.05, 3.63) is 48.3 Å². The van der Waals surface area contributed by atoms with E-state index in [1.54, 1.807) is 37.4 Å². The van der Waals surface area contributed by atoms with E-state index in [9.17, 15) is 4.79 Å². The Balaban J connectivity index is 1.70. The molecule has 1 amide bonds. The van der Waals surface area contributed by atoms with Gasteiger partial charge in [-0.2, -0.15) is 10.4 Å². The third-order valence-corrected chi connectivity index (χ3v) is 4.53. The van der Waals surface area contributed by atoms with Gasteiger partial charge in [-0.05, 0) is 44.4 Å². The Kier molecular flexibility index (Phi) is 5.34. The fourth-order valence-corrected chi connectivity index (χ4v) is 3.24. The van der Waals surface area contributed by atoms with Crippen LogP contribution in [0.3, 0.4) is 0 Å². The number of amides is 1. The minimum atomic E-state index is -0.632. The summed E-state index contributed by atoms with van der Waals surface area (Å²) in [5.41, 5.74) is 0.439. The summed E-state index contributed by atoms with van der Waals surface area (Å²) in [5, 5.41) is 13.4. The Morgan fingerprint density at radius 3 is 3.00 bits per heavy atom. The van der Waals surface area contributed by atoms with Crippen LogP contribution in [0, 0.1) is 11.3 Å². The first-order valence-corrected chi connectivity index (χ1v) is 8.62. The number of aromatic nitrogens is 2. The topological polar surface area (TPSA) is 71.2 Å². The van der Waals surface area contributed by atoms with E-state index in [1.165, 1.54) is 0 Å². The number of hydrogen-bond donors (Lipinski definition) is 0. The van der Waals surface area contributed by atoms with Crippen molar-refractivity contribution < 1.29 is 9.53 Å². The van der Waals surface area contributed by atoms with Crippen molar-refractivity contribution in [1.29, 1.82) is 5.26 Å². The SMILES string of the molecule is C[C@H](Oc1ccccc1C#N)C(=O)N1CCCC[C@@H]1Cn1cccn1. The number of carbonyl (C=O) groups excluding carboxylic acids is 1. The van der Waals surface area contributed by atoms with Gasteiger partial charge in [-0.25, -0.2) is 0 Å². The van der Waals surface area contributed by atoms with E-state index in [0.717, 1.165) is 25.8 Å². The van der Waals surface area contributed by atoms with Gasteiger partial charge in [0, 0.05) is 18.9 Å². The lowest BCUT2D eigenvalue weighted by atomic mass is 10.0. The number of benzene rings is 1. The number of nitrogens with zero attached hydrogens (tertiary/aromatic N) is 4. The molecule has 1 fully saturated rings. The summed E-state index contributed by atoms with van der Waals surface area (Å²) in [6.45, 7) is 3.18. The maximum Gasteiger partial charge on any atom is 0.263 e. The largest absolute Gasteiger partial charge is 0.480 e. The molecular formula is C19H22N4O2. The third kappa shape index (κ3) is 4.00. The van der Waals surface area contributed by atoms with Gasteiger partial charge < -0.3 is 9.64 Å². The number of nitriles is 1. The van der Waals surface area contributed by atoms with Crippen molar-refractivity contribution in [2.75, 3.05) is 6.54 Å². The minimum absolute atomic E-state index is 0.0374. The molecule has 0 bridgehead atoms. The summed E-state index contributed by atoms with van der Waals surface area (Å²) < 4.78 is 7.67. The van der Waals surface area contributed by atoms with Crippen LogP contribution in [0.1, 0.15) is 31.7 Å². The van der Waals surface area contributed by atoms with Gasteiger partial charge in [0.25, 0.3) is 5.91 Å². The van der Waals surface area contributed by atoms with Gasteiger partial charge in [-0.1, -0.05) is 12.1 Å². The monoisotopic (exact) mass is 338 g/mol. The predicted molar refractivity (Wildman–Crippen MR) is 92.8 cm³/mol. The van der Waals surface area contributed by atoms with Gasteiger partial charge in [-0.15, -0.1) is 0 Å². The zero-order chi connectivity index (χ0) is 17.6. The number of carbonyl (C=O) groups is 1. The average molecular weight is 338 g/mol. The molecular weight excluding hydrogens is 316 g/mol. The molecule has 0 saturated carbocycles. The first-order chi connectivity index (χ1) is 12.2. The summed E-state index contributed by atoms with van der Waals surface area (Å²) in [7, 11) is 0. The Morgan fingerprint density at radius 1 is 1.40 bits per heavy atom. The fraction of sp³-hybridized carbons (Fsp3) is 0.421. The molecule has 1 saturated heterocycles. The average Bonchev–Trinajstić information content (AvgIpc) is 3.15. The van der Waals surface area contributed by atoms with Crippen molar-refractivity contribution in [2.24, 2.45) is 0 Å². The second-order valence-electron chi connectivity index (χ2n) is 6.28. The lowest BCUT2D eigenvalue weighted by Gasteiger charge is -2.37. The molecule has 25 heavy (non-hydrogen) atoms. The number of likely N-dealkylation sites (tertiary alicyclic amines) is 1. The van der Waals surface area contributed by atoms with E-state index >= 15 is 0 Å². The first-order valence-electron chi connectivity index (χ1n) is 8.62. The maximum absolute atomic E-state index is 12.9. The minimum Gasteiger partial charge on any atom is -0.480 e. The van der Waals surface area contributed by atoms with E-state index in [2.05, 4.69) is 11.2 Å². The lowest BCUT2D eigenvalue weighted by molar-refractivity contribution is -0.142. The van der Waals surface area contributed by atoms with E-state index in [1.807, 2.05) is 21.8 Å². The van der Waals surface area contributed by atoms with Crippen LogP contribution in [0.2, 0.25) is 0 Å². The number of piperidine rings is 1. The van der Waals surface area contributed by atoms with Crippen LogP contribution >= 0.6 is 0 Å². The van der Waals surface area contributed by atoms with Crippen molar-refractivity contribution in [2.45, 2.75) is 44.9 Å². The zero-order valence-electron chi connectivity index (χ0n) is 14.3. The van der Waals surface area contributed by atoms with Crippen molar-refractivity contribution in [3.8, 4) is 11.8 Å². The van der Waals surface area contributed by atoms with Crippen LogP contribution in [0.5, 0.6) is 5.75 Å². The molecule has 0 radical (unpaired) electrons. The van der Waals surface area contributed by atoms with E-state index < -0.39 is 6.10 Å². The second kappa shape index (κ2) is 7.84. The van der Waals surface area contributed by atoms with Crippen LogP contribution in [0.15, 0.2) is 42.7 Å². The summed E-state index contributed by atoms with van der Waals surface area (Å²) in [5.74, 6) is 0.413. The normalized spacial score (nSPS) is 18.4. The van der Waals surface area contributed by atoms with Crippen LogP contribution in [-0.4, -0.2) is 39.3 Å². The molecule has 6 heteroatoms. The van der Waals surface area contributed by atoms with Crippen LogP contribution in [0.25, 0.3) is 0 Å². The molecule has 1 aromatic carbocycles. The number of hydrogen-bond acceptors (Lipinski definition) is 4. The van der Waals surface area contributed by atoms with Gasteiger partial charge in [0.2, 0.25) is 0 Å². The lowest BCUT2D eigenvalue weighted by Crippen LogP contribution is -2.50. The fourth-order valence-electron chi connectivity index (χ4n) is 3.24. The highest BCUT2D eigenvalue weighted by Crippen LogP contribution is 2.22. The smallest absolute Gasteiger partial charge is 0.263 e. The molecule has 2 aromatic rings. The molecule has 1 aliphatic rings. The molecule has 130 valence electrons. The van der Waals surface area contributed by atoms with Crippen LogP contribution in [0.4, 0.5) is 0 Å². The first kappa shape index (κ1) is 17.0. The molecule has 0 aliphatic carbocycles. The van der Waals surface area contributed by atoms with Gasteiger partial charge in [-0.3, -0.25) is 9.48 Å². The summed E-state index contributed by atoms with van der Waals surface area (Å²) in [6.07, 6.45) is 6.12. The van der Waals surface area contributed by atoms with Crippen LogP contribution < -0.4 is 4.74 Å². The third-order valence-electron chi connectivity index (χ3n) is 4.53. The van der Waals surface area contributed by atoms with Gasteiger partial charge >= 0.3 is 0 Å². The van der Waals surface area contributed by atoms with Gasteiger partial charge in [0.05, 0.1) is 18.2 Å². The molecule has 0 unspecified atom stereocenters. The molecule has 0 spiro atoms. The number of rotatable bonds is 5. The Hall–Kier alpha value is -2.81. The standard InChI is InChI=1S/C19H22N4O2/c1-15(25-18-9-3-2-7-16(18)13-20)19(24)23-12-5-4-8-17(23)14-22-11-6-10-21-22/h2-3,6-7,9-11,15,17H,4-5,8,12,14H2,1H3/t15-,17+/m0/s1. The zero-order valence-corrected chi connectivity index (χ0v) is 14.3. The molecule has 1 aromatic heterocycles. The Morgan fingerprint density at radius 2 is 2.24 bits per heavy atom. The Labute approximate surface area is 147 Å². The number of ether oxygens (including phenoxy) is 1. The van der Waals surface area contributed by atoms with E-state index in [-0.39, 0.29) is 11.9 Å². The molecule has 6 nitrogen and oxygen atoms in total. The quantitative estimate of drug-likeness (QED) is 0.840. The van der Waals surface area contributed by atoms with Crippen molar-refractivity contribution >= 4 is 5.91 Å². The second-order valence-corrected chi connectivity index (χ2v) is 6.28. The predicted octanol–water partition coefficient (Wildman–Crippen LogP) is 2.60. The molecule has 1 aliphatic heterocycles. The van der Waals surface area contributed by atoms with Crippen LogP contribution in [-0.2, 0) is 11.3 Å². The van der Waals surface area contributed by atoms with Gasteiger partial charge in [0.15, 0.2) is 6.10 Å². The molecule has 2 heterocycles. The molecule has 0 N–H and O–H groups in total. The van der Waals surface area contributed by atoms with E-state index in [4.69, 9.17) is 10.00 Å². The van der Waals surface area contributed by atoms with Crippen molar-refractivity contribution in [1.82, 2.24) is 14.7 Å². The summed E-state index contributed by atoms with van der Waals surface area (Å²) in [4.78, 5) is 14.8. The van der Waals surface area contributed by atoms with E-state index in [0.29, 0.717) is 17.9 Å². The highest BCUT2D eigenvalue weighted by Gasteiger charge is 2.31. The number of para-hydroxylation sites is 1. The van der Waals surface area contributed by atoms with Crippen molar-refractivity contribution in [3.63, 3.8) is 0 Å². The molecule has 2 atom stereocenters.